The number of ether oxygens (including phenoxy) is 1. The highest BCUT2D eigenvalue weighted by atomic mass is 35.5. The van der Waals surface area contributed by atoms with Crippen LogP contribution in [0.1, 0.15) is 23.7 Å². The fourth-order valence-corrected chi connectivity index (χ4v) is 3.97. The number of aryl methyl sites for hydroxylation is 1. The molecule has 8 heteroatoms. The molecule has 0 amide bonds. The maximum Gasteiger partial charge on any atom is 0.178 e. The Bertz CT molecular complexity index is 1110. The fraction of sp³-hybridized carbons (Fsp3) is 0.286. The van der Waals surface area contributed by atoms with Crippen molar-refractivity contribution in [1.29, 1.82) is 0 Å². The second-order valence-electron chi connectivity index (χ2n) is 7.33. The molecule has 2 aliphatic rings. The number of hydrogen-bond acceptors (Lipinski definition) is 6. The van der Waals surface area contributed by atoms with Gasteiger partial charge in [-0.3, -0.25) is 5.10 Å². The van der Waals surface area contributed by atoms with E-state index in [0.717, 1.165) is 52.8 Å². The number of hydrogen-bond donors (Lipinski definition) is 2. The Kier molecular flexibility index (Phi) is 4.49. The molecule has 2 aromatic heterocycles. The van der Waals surface area contributed by atoms with Gasteiger partial charge in [0.2, 0.25) is 0 Å². The lowest BCUT2D eigenvalue weighted by atomic mass is 10.0. The molecule has 2 N–H and O–H groups in total. The number of pyridine rings is 1. The van der Waals surface area contributed by atoms with Crippen molar-refractivity contribution in [3.05, 3.63) is 58.4 Å². The van der Waals surface area contributed by atoms with Crippen LogP contribution < -0.4 is 10.2 Å². The van der Waals surface area contributed by atoms with Gasteiger partial charge in [-0.1, -0.05) is 29.8 Å². The summed E-state index contributed by atoms with van der Waals surface area (Å²) in [6, 6.07) is 9.78. The highest BCUT2D eigenvalue weighted by molar-refractivity contribution is 6.36. The Hall–Kier alpha value is -2.90. The van der Waals surface area contributed by atoms with E-state index in [1.54, 1.807) is 0 Å². The summed E-state index contributed by atoms with van der Waals surface area (Å²) in [5.41, 5.74) is 5.09. The van der Waals surface area contributed by atoms with Gasteiger partial charge in [0.25, 0.3) is 0 Å². The molecular formula is C21H21ClN6O. The van der Waals surface area contributed by atoms with Gasteiger partial charge in [-0.05, 0) is 19.9 Å². The summed E-state index contributed by atoms with van der Waals surface area (Å²) < 4.78 is 5.67. The Morgan fingerprint density at radius 1 is 1.24 bits per heavy atom. The van der Waals surface area contributed by atoms with E-state index in [1.165, 1.54) is 0 Å². The van der Waals surface area contributed by atoms with Gasteiger partial charge in [0.05, 0.1) is 29.8 Å². The minimum atomic E-state index is 0.179. The SMILES string of the molecule is Cc1[nH]nc2c1N=C(c1ccccc1Cl)c1cnc(N3CCO[C@H](C)C3)cc1N2. The molecule has 0 spiro atoms. The van der Waals surface area contributed by atoms with Gasteiger partial charge in [0, 0.05) is 41.5 Å². The third kappa shape index (κ3) is 3.26. The number of rotatable bonds is 2. The molecule has 4 heterocycles. The molecule has 0 bridgehead atoms. The first kappa shape index (κ1) is 18.1. The van der Waals surface area contributed by atoms with Crippen LogP contribution in [0.25, 0.3) is 0 Å². The van der Waals surface area contributed by atoms with E-state index >= 15 is 0 Å². The van der Waals surface area contributed by atoms with Crippen molar-refractivity contribution in [2.24, 2.45) is 4.99 Å². The number of fused-ring (bicyclic) bond motifs is 2. The Morgan fingerprint density at radius 2 is 2.10 bits per heavy atom. The average Bonchev–Trinajstić information content (AvgIpc) is 2.97. The van der Waals surface area contributed by atoms with E-state index in [9.17, 15) is 0 Å². The van der Waals surface area contributed by atoms with Crippen molar-refractivity contribution >= 4 is 40.3 Å². The molecule has 1 atom stereocenters. The lowest BCUT2D eigenvalue weighted by Crippen LogP contribution is -2.41. The number of aromatic nitrogens is 3. The molecule has 1 fully saturated rings. The predicted molar refractivity (Wildman–Crippen MR) is 115 cm³/mol. The highest BCUT2D eigenvalue weighted by Crippen LogP contribution is 2.38. The van der Waals surface area contributed by atoms with Crippen LogP contribution in [0.3, 0.4) is 0 Å². The van der Waals surface area contributed by atoms with E-state index in [-0.39, 0.29) is 6.10 Å². The number of aliphatic imine (C=N–C) groups is 1. The zero-order chi connectivity index (χ0) is 20.0. The Balaban J connectivity index is 1.66. The first-order valence-electron chi connectivity index (χ1n) is 9.62. The molecule has 1 aromatic carbocycles. The predicted octanol–water partition coefficient (Wildman–Crippen LogP) is 4.22. The smallest absolute Gasteiger partial charge is 0.178 e. The van der Waals surface area contributed by atoms with Crippen LogP contribution in [0.2, 0.25) is 5.02 Å². The van der Waals surface area contributed by atoms with E-state index in [2.05, 4.69) is 33.4 Å². The first-order valence-corrected chi connectivity index (χ1v) is 10.0. The van der Waals surface area contributed by atoms with Crippen molar-refractivity contribution < 1.29 is 4.74 Å². The second-order valence-corrected chi connectivity index (χ2v) is 7.73. The standard InChI is InChI=1S/C21H21ClN6O/c1-12-11-28(7-8-29-12)18-9-17-15(10-23-18)20(14-5-3-4-6-16(14)22)25-19-13(2)26-27-21(19)24-17/h3-6,9-10,12H,7-8,11H2,1-2H3,(H2,24,26,27)/t12-/m1/s1. The van der Waals surface area contributed by atoms with Crippen molar-refractivity contribution in [2.75, 3.05) is 29.9 Å². The number of H-pyrrole nitrogens is 1. The Labute approximate surface area is 173 Å². The molecule has 3 aromatic rings. The summed E-state index contributed by atoms with van der Waals surface area (Å²) in [5, 5.41) is 11.5. The summed E-state index contributed by atoms with van der Waals surface area (Å²) in [6.07, 6.45) is 2.04. The minimum absolute atomic E-state index is 0.179. The number of aromatic amines is 1. The van der Waals surface area contributed by atoms with Crippen molar-refractivity contribution in [1.82, 2.24) is 15.2 Å². The van der Waals surface area contributed by atoms with Crippen LogP contribution in [0, 0.1) is 6.92 Å². The van der Waals surface area contributed by atoms with E-state index in [0.29, 0.717) is 17.4 Å². The topological polar surface area (TPSA) is 78.4 Å². The minimum Gasteiger partial charge on any atom is -0.375 e. The van der Waals surface area contributed by atoms with E-state index in [4.69, 9.17) is 26.3 Å². The van der Waals surface area contributed by atoms with Crippen LogP contribution in [0.5, 0.6) is 0 Å². The molecular weight excluding hydrogens is 388 g/mol. The van der Waals surface area contributed by atoms with Crippen molar-refractivity contribution in [2.45, 2.75) is 20.0 Å². The van der Waals surface area contributed by atoms with Gasteiger partial charge in [-0.15, -0.1) is 0 Å². The molecule has 148 valence electrons. The number of nitrogens with one attached hydrogen (secondary N) is 2. The fourth-order valence-electron chi connectivity index (χ4n) is 3.74. The molecule has 5 rings (SSSR count). The van der Waals surface area contributed by atoms with Gasteiger partial charge in [-0.2, -0.15) is 5.10 Å². The molecule has 1 saturated heterocycles. The van der Waals surface area contributed by atoms with Crippen molar-refractivity contribution in [3.63, 3.8) is 0 Å². The lowest BCUT2D eigenvalue weighted by Gasteiger charge is -2.32. The number of anilines is 3. The van der Waals surface area contributed by atoms with Gasteiger partial charge < -0.3 is 15.0 Å². The molecule has 29 heavy (non-hydrogen) atoms. The maximum atomic E-state index is 6.52. The van der Waals surface area contributed by atoms with Gasteiger partial charge >= 0.3 is 0 Å². The normalized spacial score (nSPS) is 18.4. The molecule has 0 saturated carbocycles. The van der Waals surface area contributed by atoms with Crippen LogP contribution in [-0.2, 0) is 4.74 Å². The largest absolute Gasteiger partial charge is 0.375 e. The second kappa shape index (κ2) is 7.17. The van der Waals surface area contributed by atoms with Gasteiger partial charge in [-0.25, -0.2) is 9.98 Å². The number of nitrogens with zero attached hydrogens (tertiary/aromatic N) is 4. The molecule has 2 aliphatic heterocycles. The molecule has 0 unspecified atom stereocenters. The van der Waals surface area contributed by atoms with Gasteiger partial charge in [0.1, 0.15) is 11.5 Å². The monoisotopic (exact) mass is 408 g/mol. The maximum absolute atomic E-state index is 6.52. The third-order valence-corrected chi connectivity index (χ3v) is 5.56. The number of halogens is 1. The molecule has 0 aliphatic carbocycles. The lowest BCUT2D eigenvalue weighted by molar-refractivity contribution is 0.0529. The Morgan fingerprint density at radius 3 is 2.93 bits per heavy atom. The summed E-state index contributed by atoms with van der Waals surface area (Å²) in [6.45, 7) is 6.35. The zero-order valence-corrected chi connectivity index (χ0v) is 17.0. The summed E-state index contributed by atoms with van der Waals surface area (Å²) in [7, 11) is 0. The zero-order valence-electron chi connectivity index (χ0n) is 16.2. The third-order valence-electron chi connectivity index (χ3n) is 5.23. The van der Waals surface area contributed by atoms with Crippen LogP contribution in [0.15, 0.2) is 41.5 Å². The van der Waals surface area contributed by atoms with Crippen LogP contribution >= 0.6 is 11.6 Å². The quantitative estimate of drug-likeness (QED) is 0.519. The average molecular weight is 409 g/mol. The highest BCUT2D eigenvalue weighted by Gasteiger charge is 2.25. The molecule has 0 radical (unpaired) electrons. The van der Waals surface area contributed by atoms with E-state index < -0.39 is 0 Å². The summed E-state index contributed by atoms with van der Waals surface area (Å²) >= 11 is 6.52. The van der Waals surface area contributed by atoms with Crippen LogP contribution in [0.4, 0.5) is 23.0 Å². The van der Waals surface area contributed by atoms with Crippen molar-refractivity contribution in [3.8, 4) is 0 Å². The van der Waals surface area contributed by atoms with Gasteiger partial charge in [0.15, 0.2) is 5.82 Å². The summed E-state index contributed by atoms with van der Waals surface area (Å²) in [5.74, 6) is 1.60. The number of benzene rings is 1. The first-order chi connectivity index (χ1) is 14.1. The molecule has 7 nitrogen and oxygen atoms in total. The van der Waals surface area contributed by atoms with Crippen LogP contribution in [-0.4, -0.2) is 46.7 Å². The van der Waals surface area contributed by atoms with E-state index in [1.807, 2.05) is 37.4 Å². The number of morpholine rings is 1. The summed E-state index contributed by atoms with van der Waals surface area (Å²) in [4.78, 5) is 11.9.